The maximum absolute atomic E-state index is 10.3. The number of aliphatic hydroxyl groups is 1. The Morgan fingerprint density at radius 1 is 0.947 bits per heavy atom. The van der Waals surface area contributed by atoms with Crippen LogP contribution in [-0.2, 0) is 6.42 Å². The molecule has 0 amide bonds. The van der Waals surface area contributed by atoms with Gasteiger partial charge in [0.05, 0.1) is 12.1 Å². The summed E-state index contributed by atoms with van der Waals surface area (Å²) in [5, 5.41) is 10.3. The Morgan fingerprint density at radius 3 is 2.11 bits per heavy atom. The van der Waals surface area contributed by atoms with Crippen LogP contribution in [-0.4, -0.2) is 11.2 Å². The molecular formula is C17H21NO. The molecule has 0 aliphatic carbocycles. The predicted molar refractivity (Wildman–Crippen MR) is 79.0 cm³/mol. The molecule has 2 atom stereocenters. The number of aryl methyl sites for hydroxylation is 2. The molecule has 0 unspecified atom stereocenters. The quantitative estimate of drug-likeness (QED) is 0.882. The average molecular weight is 255 g/mol. The summed E-state index contributed by atoms with van der Waals surface area (Å²) < 4.78 is 0. The summed E-state index contributed by atoms with van der Waals surface area (Å²) in [6.45, 7) is 4.08. The molecule has 0 fully saturated rings. The lowest BCUT2D eigenvalue weighted by Crippen LogP contribution is -2.29. The minimum atomic E-state index is -0.567. The first-order chi connectivity index (χ1) is 9.09. The van der Waals surface area contributed by atoms with Crippen molar-refractivity contribution in [2.24, 2.45) is 5.73 Å². The molecule has 19 heavy (non-hydrogen) atoms. The zero-order chi connectivity index (χ0) is 13.8. The Kier molecular flexibility index (Phi) is 4.35. The van der Waals surface area contributed by atoms with Crippen molar-refractivity contribution in [1.29, 1.82) is 0 Å². The van der Waals surface area contributed by atoms with Gasteiger partial charge in [-0.1, -0.05) is 48.5 Å². The van der Waals surface area contributed by atoms with E-state index >= 15 is 0 Å². The third kappa shape index (κ3) is 3.22. The highest BCUT2D eigenvalue weighted by Gasteiger charge is 2.20. The van der Waals surface area contributed by atoms with E-state index in [9.17, 15) is 5.11 Å². The van der Waals surface area contributed by atoms with E-state index in [2.05, 4.69) is 0 Å². The van der Waals surface area contributed by atoms with Crippen LogP contribution >= 0.6 is 0 Å². The molecule has 0 spiro atoms. The fourth-order valence-corrected chi connectivity index (χ4v) is 2.53. The second-order valence-corrected chi connectivity index (χ2v) is 5.09. The molecule has 2 aromatic carbocycles. The second kappa shape index (κ2) is 6.00. The third-order valence-corrected chi connectivity index (χ3v) is 3.58. The first-order valence-electron chi connectivity index (χ1n) is 6.63. The molecular weight excluding hydrogens is 234 g/mol. The average Bonchev–Trinajstić information content (AvgIpc) is 2.39. The van der Waals surface area contributed by atoms with Crippen molar-refractivity contribution in [3.63, 3.8) is 0 Å². The smallest absolute Gasteiger partial charge is 0.0773 e. The van der Waals surface area contributed by atoms with Gasteiger partial charge < -0.3 is 10.8 Å². The van der Waals surface area contributed by atoms with E-state index in [1.165, 1.54) is 0 Å². The lowest BCUT2D eigenvalue weighted by molar-refractivity contribution is 0.144. The summed E-state index contributed by atoms with van der Waals surface area (Å²) in [7, 11) is 0. The summed E-state index contributed by atoms with van der Waals surface area (Å²) >= 11 is 0. The van der Waals surface area contributed by atoms with Crippen molar-refractivity contribution in [3.8, 4) is 0 Å². The van der Waals surface area contributed by atoms with Crippen molar-refractivity contribution in [2.75, 3.05) is 0 Å². The zero-order valence-corrected chi connectivity index (χ0v) is 11.5. The normalized spacial score (nSPS) is 14.1. The van der Waals surface area contributed by atoms with Crippen LogP contribution in [0.15, 0.2) is 48.5 Å². The van der Waals surface area contributed by atoms with Crippen molar-refractivity contribution in [2.45, 2.75) is 32.4 Å². The van der Waals surface area contributed by atoms with Crippen LogP contribution < -0.4 is 5.73 Å². The molecule has 0 aliphatic heterocycles. The van der Waals surface area contributed by atoms with E-state index in [4.69, 9.17) is 5.73 Å². The lowest BCUT2D eigenvalue weighted by Gasteiger charge is -2.23. The second-order valence-electron chi connectivity index (χ2n) is 5.09. The molecule has 0 bridgehead atoms. The Labute approximate surface area is 114 Å². The minimum absolute atomic E-state index is 0.346. The van der Waals surface area contributed by atoms with Crippen molar-refractivity contribution < 1.29 is 5.11 Å². The molecule has 0 aromatic heterocycles. The molecule has 0 saturated heterocycles. The summed E-state index contributed by atoms with van der Waals surface area (Å²) in [6, 6.07) is 15.7. The molecule has 0 aliphatic rings. The minimum Gasteiger partial charge on any atom is -0.391 e. The number of rotatable bonds is 4. The van der Waals surface area contributed by atoms with Gasteiger partial charge in [-0.25, -0.2) is 0 Å². The molecule has 2 rings (SSSR count). The number of nitrogens with two attached hydrogens (primary N) is 1. The lowest BCUT2D eigenvalue weighted by atomic mass is 9.91. The molecule has 0 radical (unpaired) electrons. The summed E-state index contributed by atoms with van der Waals surface area (Å²) in [4.78, 5) is 0. The van der Waals surface area contributed by atoms with Crippen molar-refractivity contribution in [1.82, 2.24) is 0 Å². The largest absolute Gasteiger partial charge is 0.391 e. The standard InChI is InChI=1S/C17H21NO/c1-12-7-6-8-13(2)16(12)17(18)15(19)11-14-9-4-3-5-10-14/h3-10,15,17,19H,11,18H2,1-2H3/t15-,17-/m1/s1. The monoisotopic (exact) mass is 255 g/mol. The highest BCUT2D eigenvalue weighted by Crippen LogP contribution is 2.24. The Balaban J connectivity index is 2.17. The Bertz CT molecular complexity index is 516. The van der Waals surface area contributed by atoms with Gasteiger partial charge in [-0.3, -0.25) is 0 Å². The van der Waals surface area contributed by atoms with Crippen LogP contribution in [0, 0.1) is 13.8 Å². The fraction of sp³-hybridized carbons (Fsp3) is 0.294. The van der Waals surface area contributed by atoms with Gasteiger partial charge in [-0.15, -0.1) is 0 Å². The number of hydrogen-bond acceptors (Lipinski definition) is 2. The Morgan fingerprint density at radius 2 is 1.53 bits per heavy atom. The van der Waals surface area contributed by atoms with Crippen LogP contribution in [0.4, 0.5) is 0 Å². The van der Waals surface area contributed by atoms with Gasteiger partial charge in [0.25, 0.3) is 0 Å². The summed E-state index contributed by atoms with van der Waals surface area (Å²) in [6.07, 6.45) is 0.0117. The molecule has 2 nitrogen and oxygen atoms in total. The van der Waals surface area contributed by atoms with Crippen LogP contribution in [0.25, 0.3) is 0 Å². The fourth-order valence-electron chi connectivity index (χ4n) is 2.53. The van der Waals surface area contributed by atoms with Gasteiger partial charge in [0, 0.05) is 6.42 Å². The number of aliphatic hydroxyl groups excluding tert-OH is 1. The molecule has 100 valence electrons. The zero-order valence-electron chi connectivity index (χ0n) is 11.5. The van der Waals surface area contributed by atoms with Gasteiger partial charge in [0.1, 0.15) is 0 Å². The molecule has 3 N–H and O–H groups in total. The molecule has 0 heterocycles. The summed E-state index contributed by atoms with van der Waals surface area (Å²) in [5.74, 6) is 0. The SMILES string of the molecule is Cc1cccc(C)c1[C@H](N)[C@H](O)Cc1ccccc1. The van der Waals surface area contributed by atoms with E-state index in [1.54, 1.807) is 0 Å². The Hall–Kier alpha value is -1.64. The molecule has 0 saturated carbocycles. The first-order valence-corrected chi connectivity index (χ1v) is 6.63. The van der Waals surface area contributed by atoms with Crippen molar-refractivity contribution >= 4 is 0 Å². The van der Waals surface area contributed by atoms with E-state index in [-0.39, 0.29) is 6.04 Å². The van der Waals surface area contributed by atoms with Crippen LogP contribution in [0.3, 0.4) is 0 Å². The van der Waals surface area contributed by atoms with Crippen LogP contribution in [0.5, 0.6) is 0 Å². The van der Waals surface area contributed by atoms with Gasteiger partial charge in [0.15, 0.2) is 0 Å². The van der Waals surface area contributed by atoms with Gasteiger partial charge in [-0.05, 0) is 36.1 Å². The van der Waals surface area contributed by atoms with Crippen molar-refractivity contribution in [3.05, 3.63) is 70.8 Å². The van der Waals surface area contributed by atoms with Crippen LogP contribution in [0.1, 0.15) is 28.3 Å². The van der Waals surface area contributed by atoms with Gasteiger partial charge in [0.2, 0.25) is 0 Å². The third-order valence-electron chi connectivity index (χ3n) is 3.58. The van der Waals surface area contributed by atoms with E-state index in [1.807, 2.05) is 62.4 Å². The maximum Gasteiger partial charge on any atom is 0.0773 e. The molecule has 2 heteroatoms. The number of benzene rings is 2. The van der Waals surface area contributed by atoms with E-state index in [0.29, 0.717) is 6.42 Å². The predicted octanol–water partition coefficient (Wildman–Crippen LogP) is 2.91. The highest BCUT2D eigenvalue weighted by molar-refractivity contribution is 5.36. The van der Waals surface area contributed by atoms with Crippen LogP contribution in [0.2, 0.25) is 0 Å². The van der Waals surface area contributed by atoms with E-state index < -0.39 is 6.10 Å². The van der Waals surface area contributed by atoms with Gasteiger partial charge >= 0.3 is 0 Å². The highest BCUT2D eigenvalue weighted by atomic mass is 16.3. The first kappa shape index (κ1) is 13.8. The number of hydrogen-bond donors (Lipinski definition) is 2. The maximum atomic E-state index is 10.3. The summed E-state index contributed by atoms with van der Waals surface area (Å²) in [5.41, 5.74) is 10.7. The topological polar surface area (TPSA) is 46.2 Å². The van der Waals surface area contributed by atoms with Gasteiger partial charge in [-0.2, -0.15) is 0 Å². The molecule has 2 aromatic rings. The van der Waals surface area contributed by atoms with E-state index in [0.717, 1.165) is 22.3 Å².